The van der Waals surface area contributed by atoms with Crippen LogP contribution in [0.1, 0.15) is 39.5 Å². The van der Waals surface area contributed by atoms with Gasteiger partial charge < -0.3 is 5.32 Å². The van der Waals surface area contributed by atoms with Crippen LogP contribution in [0, 0.1) is 5.92 Å². The summed E-state index contributed by atoms with van der Waals surface area (Å²) in [6.07, 6.45) is 6.38. The van der Waals surface area contributed by atoms with Crippen molar-refractivity contribution in [2.45, 2.75) is 39.5 Å². The molecule has 1 unspecified atom stereocenters. The molecule has 1 aliphatic rings. The SMILES string of the molecule is CCCNC1=CCCC(C(C)=O)C1. The highest BCUT2D eigenvalue weighted by Crippen LogP contribution is 2.22. The maximum Gasteiger partial charge on any atom is 0.133 e. The summed E-state index contributed by atoms with van der Waals surface area (Å²) in [7, 11) is 0. The summed E-state index contributed by atoms with van der Waals surface area (Å²) in [5.74, 6) is 0.605. The molecule has 0 heterocycles. The van der Waals surface area contributed by atoms with Crippen LogP contribution in [-0.4, -0.2) is 12.3 Å². The van der Waals surface area contributed by atoms with Gasteiger partial charge in [-0.3, -0.25) is 4.79 Å². The van der Waals surface area contributed by atoms with E-state index in [0.717, 1.165) is 32.2 Å². The highest BCUT2D eigenvalue weighted by molar-refractivity contribution is 5.78. The first kappa shape index (κ1) is 10.3. The van der Waals surface area contributed by atoms with Gasteiger partial charge in [0.05, 0.1) is 0 Å². The maximum absolute atomic E-state index is 11.2. The summed E-state index contributed by atoms with van der Waals surface area (Å²) in [6, 6.07) is 0. The van der Waals surface area contributed by atoms with E-state index in [9.17, 15) is 4.79 Å². The lowest BCUT2D eigenvalue weighted by Gasteiger charge is -2.21. The second kappa shape index (κ2) is 5.05. The Balaban J connectivity index is 2.40. The van der Waals surface area contributed by atoms with E-state index in [0.29, 0.717) is 5.78 Å². The molecule has 0 spiro atoms. The van der Waals surface area contributed by atoms with Gasteiger partial charge in [-0.2, -0.15) is 0 Å². The van der Waals surface area contributed by atoms with Crippen LogP contribution in [0.2, 0.25) is 0 Å². The lowest BCUT2D eigenvalue weighted by atomic mass is 9.89. The molecule has 1 atom stereocenters. The van der Waals surface area contributed by atoms with Crippen molar-refractivity contribution in [1.29, 1.82) is 0 Å². The first-order valence-electron chi connectivity index (χ1n) is 5.17. The zero-order valence-corrected chi connectivity index (χ0v) is 8.60. The summed E-state index contributed by atoms with van der Waals surface area (Å²) >= 11 is 0. The Morgan fingerprint density at radius 3 is 3.08 bits per heavy atom. The van der Waals surface area contributed by atoms with Crippen LogP contribution in [0.3, 0.4) is 0 Å². The molecule has 1 rings (SSSR count). The summed E-state index contributed by atoms with van der Waals surface area (Å²) in [5, 5.41) is 3.36. The number of nitrogens with one attached hydrogen (secondary N) is 1. The van der Waals surface area contributed by atoms with Crippen molar-refractivity contribution in [1.82, 2.24) is 5.32 Å². The molecule has 1 aliphatic carbocycles. The standard InChI is InChI=1S/C11H19NO/c1-3-7-12-11-6-4-5-10(8-11)9(2)13/h6,10,12H,3-5,7-8H2,1-2H3. The lowest BCUT2D eigenvalue weighted by molar-refractivity contribution is -0.121. The Morgan fingerprint density at radius 1 is 1.69 bits per heavy atom. The van der Waals surface area contributed by atoms with Crippen molar-refractivity contribution >= 4 is 5.78 Å². The third kappa shape index (κ3) is 3.21. The highest BCUT2D eigenvalue weighted by Gasteiger charge is 2.18. The van der Waals surface area contributed by atoms with Crippen molar-refractivity contribution in [2.75, 3.05) is 6.54 Å². The van der Waals surface area contributed by atoms with Gasteiger partial charge in [-0.25, -0.2) is 0 Å². The predicted octanol–water partition coefficient (Wildman–Crippen LogP) is 2.26. The second-order valence-corrected chi connectivity index (χ2v) is 3.75. The summed E-state index contributed by atoms with van der Waals surface area (Å²) in [4.78, 5) is 11.2. The van der Waals surface area contributed by atoms with Crippen molar-refractivity contribution < 1.29 is 4.79 Å². The third-order valence-corrected chi connectivity index (χ3v) is 2.55. The zero-order chi connectivity index (χ0) is 9.68. The number of carbonyl (C=O) groups excluding carboxylic acids is 1. The minimum Gasteiger partial charge on any atom is -0.389 e. The van der Waals surface area contributed by atoms with E-state index in [1.807, 2.05) is 0 Å². The van der Waals surface area contributed by atoms with E-state index in [2.05, 4.69) is 18.3 Å². The topological polar surface area (TPSA) is 29.1 Å². The molecule has 2 nitrogen and oxygen atoms in total. The van der Waals surface area contributed by atoms with Crippen molar-refractivity contribution in [3.63, 3.8) is 0 Å². The van der Waals surface area contributed by atoms with Crippen LogP contribution >= 0.6 is 0 Å². The number of Topliss-reactive ketones (excluding diaryl/α,β-unsaturated/α-hetero) is 1. The molecule has 1 N–H and O–H groups in total. The second-order valence-electron chi connectivity index (χ2n) is 3.75. The summed E-state index contributed by atoms with van der Waals surface area (Å²) < 4.78 is 0. The van der Waals surface area contributed by atoms with Gasteiger partial charge in [0.25, 0.3) is 0 Å². The fourth-order valence-corrected chi connectivity index (χ4v) is 1.69. The number of hydrogen-bond acceptors (Lipinski definition) is 2. The molecule has 0 saturated heterocycles. The van der Waals surface area contributed by atoms with E-state index in [-0.39, 0.29) is 5.92 Å². The molecule has 0 aliphatic heterocycles. The number of carbonyl (C=O) groups is 1. The minimum absolute atomic E-state index is 0.268. The van der Waals surface area contributed by atoms with Crippen LogP contribution in [-0.2, 0) is 4.79 Å². The minimum atomic E-state index is 0.268. The van der Waals surface area contributed by atoms with Crippen LogP contribution in [0.15, 0.2) is 11.8 Å². The lowest BCUT2D eigenvalue weighted by Crippen LogP contribution is -2.22. The van der Waals surface area contributed by atoms with E-state index < -0.39 is 0 Å². The van der Waals surface area contributed by atoms with Gasteiger partial charge in [0, 0.05) is 18.2 Å². The van der Waals surface area contributed by atoms with Gasteiger partial charge in [-0.1, -0.05) is 13.0 Å². The van der Waals surface area contributed by atoms with E-state index in [4.69, 9.17) is 0 Å². The fourth-order valence-electron chi connectivity index (χ4n) is 1.69. The zero-order valence-electron chi connectivity index (χ0n) is 8.60. The average molecular weight is 181 g/mol. The molecule has 0 aromatic rings. The van der Waals surface area contributed by atoms with E-state index in [1.54, 1.807) is 6.92 Å². The maximum atomic E-state index is 11.2. The number of rotatable bonds is 4. The molecule has 0 amide bonds. The quantitative estimate of drug-likeness (QED) is 0.720. The first-order chi connectivity index (χ1) is 6.24. The van der Waals surface area contributed by atoms with Crippen molar-refractivity contribution in [3.05, 3.63) is 11.8 Å². The van der Waals surface area contributed by atoms with Gasteiger partial charge in [0.1, 0.15) is 5.78 Å². The van der Waals surface area contributed by atoms with Gasteiger partial charge >= 0.3 is 0 Å². The van der Waals surface area contributed by atoms with Crippen molar-refractivity contribution in [2.24, 2.45) is 5.92 Å². The van der Waals surface area contributed by atoms with E-state index >= 15 is 0 Å². The molecule has 0 aromatic carbocycles. The van der Waals surface area contributed by atoms with E-state index in [1.165, 1.54) is 5.70 Å². The average Bonchev–Trinajstić information content (AvgIpc) is 2.15. The highest BCUT2D eigenvalue weighted by atomic mass is 16.1. The van der Waals surface area contributed by atoms with Crippen LogP contribution in [0.4, 0.5) is 0 Å². The van der Waals surface area contributed by atoms with Crippen LogP contribution < -0.4 is 5.32 Å². The molecule has 2 heteroatoms. The molecule has 13 heavy (non-hydrogen) atoms. The van der Waals surface area contributed by atoms with Crippen LogP contribution in [0.25, 0.3) is 0 Å². The summed E-state index contributed by atoms with van der Waals surface area (Å²) in [6.45, 7) is 4.88. The summed E-state index contributed by atoms with van der Waals surface area (Å²) in [5.41, 5.74) is 1.27. The molecule has 0 bridgehead atoms. The Bertz CT molecular complexity index is 208. The predicted molar refractivity (Wildman–Crippen MR) is 54.4 cm³/mol. The van der Waals surface area contributed by atoms with Crippen LogP contribution in [0.5, 0.6) is 0 Å². The molecule has 0 radical (unpaired) electrons. The third-order valence-electron chi connectivity index (χ3n) is 2.55. The fraction of sp³-hybridized carbons (Fsp3) is 0.727. The van der Waals surface area contributed by atoms with Crippen molar-refractivity contribution in [3.8, 4) is 0 Å². The largest absolute Gasteiger partial charge is 0.389 e. The smallest absolute Gasteiger partial charge is 0.133 e. The Morgan fingerprint density at radius 2 is 2.46 bits per heavy atom. The number of ketones is 1. The van der Waals surface area contributed by atoms with Gasteiger partial charge in [-0.05, 0) is 32.6 Å². The molecule has 74 valence electrons. The Labute approximate surface area is 80.4 Å². The first-order valence-corrected chi connectivity index (χ1v) is 5.17. The Hall–Kier alpha value is -0.790. The van der Waals surface area contributed by atoms with Gasteiger partial charge in [0.15, 0.2) is 0 Å². The van der Waals surface area contributed by atoms with Gasteiger partial charge in [0.2, 0.25) is 0 Å². The monoisotopic (exact) mass is 181 g/mol. The molecule has 0 aromatic heterocycles. The molecular formula is C11H19NO. The normalized spacial score (nSPS) is 22.3. The number of hydrogen-bond donors (Lipinski definition) is 1. The Kier molecular flexibility index (Phi) is 4.00. The number of allylic oxidation sites excluding steroid dienone is 2. The molecule has 0 fully saturated rings. The molecule has 0 saturated carbocycles. The molecular weight excluding hydrogens is 162 g/mol. The van der Waals surface area contributed by atoms with Gasteiger partial charge in [-0.15, -0.1) is 0 Å².